The second-order valence-corrected chi connectivity index (χ2v) is 7.62. The van der Waals surface area contributed by atoms with Crippen LogP contribution in [0.15, 0.2) is 41.4 Å². The number of anilines is 1. The molecule has 0 amide bonds. The zero-order valence-electron chi connectivity index (χ0n) is 13.4. The molecule has 0 bridgehead atoms. The summed E-state index contributed by atoms with van der Waals surface area (Å²) in [5, 5.41) is 6.60. The normalized spacial score (nSPS) is 13.5. The van der Waals surface area contributed by atoms with Gasteiger partial charge in [-0.2, -0.15) is 0 Å². The Kier molecular flexibility index (Phi) is 4.66. The van der Waals surface area contributed by atoms with Gasteiger partial charge in [0.15, 0.2) is 5.96 Å². The third-order valence-electron chi connectivity index (χ3n) is 4.47. The number of rotatable bonds is 2. The summed E-state index contributed by atoms with van der Waals surface area (Å²) >= 11 is 24.5. The van der Waals surface area contributed by atoms with E-state index >= 15 is 0 Å². The average Bonchev–Trinajstić information content (AvgIpc) is 3.05. The van der Waals surface area contributed by atoms with Crippen molar-refractivity contribution in [1.29, 1.82) is 0 Å². The Morgan fingerprint density at radius 1 is 0.962 bits per heavy atom. The molecule has 3 aromatic rings. The summed E-state index contributed by atoms with van der Waals surface area (Å²) in [6, 6.07) is 11.9. The van der Waals surface area contributed by atoms with Crippen LogP contribution in [0.3, 0.4) is 0 Å². The Bertz CT molecular complexity index is 1050. The molecule has 3 aromatic carbocycles. The Morgan fingerprint density at radius 3 is 2.42 bits per heavy atom. The van der Waals surface area contributed by atoms with Crippen LogP contribution in [0.1, 0.15) is 11.1 Å². The predicted molar refractivity (Wildman–Crippen MR) is 113 cm³/mol. The van der Waals surface area contributed by atoms with Crippen molar-refractivity contribution in [2.45, 2.75) is 12.8 Å². The van der Waals surface area contributed by atoms with E-state index in [0.717, 1.165) is 18.5 Å². The van der Waals surface area contributed by atoms with Gasteiger partial charge in [-0.1, -0.05) is 70.7 Å². The van der Waals surface area contributed by atoms with Crippen LogP contribution in [0.2, 0.25) is 20.1 Å². The highest BCUT2D eigenvalue weighted by molar-refractivity contribution is 6.50. The third-order valence-corrected chi connectivity index (χ3v) is 6.02. The molecule has 3 N–H and O–H groups in total. The zero-order valence-corrected chi connectivity index (χ0v) is 16.4. The molecule has 132 valence electrons. The van der Waals surface area contributed by atoms with Gasteiger partial charge in [0.05, 0.1) is 20.1 Å². The molecule has 0 saturated carbocycles. The van der Waals surface area contributed by atoms with Crippen molar-refractivity contribution in [2.24, 2.45) is 10.7 Å². The van der Waals surface area contributed by atoms with Gasteiger partial charge in [-0.3, -0.25) is 0 Å². The van der Waals surface area contributed by atoms with Gasteiger partial charge in [0.2, 0.25) is 0 Å². The fourth-order valence-corrected chi connectivity index (χ4v) is 4.21. The van der Waals surface area contributed by atoms with E-state index in [4.69, 9.17) is 52.1 Å². The van der Waals surface area contributed by atoms with Gasteiger partial charge in [0.1, 0.15) is 5.69 Å². The monoisotopic (exact) mass is 423 g/mol. The molecule has 3 nitrogen and oxygen atoms in total. The maximum Gasteiger partial charge on any atom is 0.198 e. The Morgan fingerprint density at radius 2 is 1.69 bits per heavy atom. The lowest BCUT2D eigenvalue weighted by molar-refractivity contribution is 1.03. The van der Waals surface area contributed by atoms with E-state index in [1.807, 2.05) is 6.07 Å². The largest absolute Gasteiger partial charge is 0.369 e. The number of hydrogen-bond donors (Lipinski definition) is 2. The van der Waals surface area contributed by atoms with E-state index in [0.29, 0.717) is 0 Å². The third kappa shape index (κ3) is 2.99. The quantitative estimate of drug-likeness (QED) is 0.276. The number of nitrogens with zero attached hydrogens (tertiary/aromatic N) is 1. The fraction of sp³-hybridized carbons (Fsp3) is 0.105. The van der Waals surface area contributed by atoms with E-state index in [9.17, 15) is 0 Å². The molecule has 0 aromatic heterocycles. The summed E-state index contributed by atoms with van der Waals surface area (Å²) < 4.78 is 0. The number of hydrogen-bond acceptors (Lipinski definition) is 1. The Hall–Kier alpha value is -1.65. The highest BCUT2D eigenvalue weighted by atomic mass is 35.5. The fourth-order valence-electron chi connectivity index (χ4n) is 3.33. The molecular weight excluding hydrogens is 412 g/mol. The zero-order chi connectivity index (χ0) is 18.4. The molecule has 0 heterocycles. The van der Waals surface area contributed by atoms with Crippen LogP contribution in [0.25, 0.3) is 10.8 Å². The van der Waals surface area contributed by atoms with Crippen LogP contribution in [0.4, 0.5) is 11.4 Å². The number of benzene rings is 3. The second-order valence-electron chi connectivity index (χ2n) is 6.05. The van der Waals surface area contributed by atoms with E-state index in [-0.39, 0.29) is 31.7 Å². The number of nitrogens with two attached hydrogens (primary N) is 1. The van der Waals surface area contributed by atoms with Crippen LogP contribution >= 0.6 is 46.4 Å². The average molecular weight is 425 g/mol. The number of halogens is 4. The van der Waals surface area contributed by atoms with E-state index < -0.39 is 0 Å². The molecule has 26 heavy (non-hydrogen) atoms. The summed E-state index contributed by atoms with van der Waals surface area (Å²) in [7, 11) is 0. The second kappa shape index (κ2) is 6.82. The Labute approximate surface area is 170 Å². The standard InChI is InChI=1S/C19H13Cl4N3/c20-12-8-13(21)17(23)18(16(12)22)26-19(24)25-14-7-5-10-3-1-2-9-4-6-11(14)15(9)10/h1-3,5,7-8H,4,6H2,(H3,24,25,26). The van der Waals surface area contributed by atoms with Gasteiger partial charge >= 0.3 is 0 Å². The van der Waals surface area contributed by atoms with Crippen molar-refractivity contribution in [2.75, 3.05) is 5.32 Å². The maximum atomic E-state index is 6.20. The number of guanidine groups is 1. The number of aliphatic imine (C=N–C) groups is 1. The van der Waals surface area contributed by atoms with Crippen LogP contribution in [-0.2, 0) is 12.8 Å². The minimum atomic E-state index is 0.159. The molecule has 0 atom stereocenters. The van der Waals surface area contributed by atoms with Gasteiger partial charge in [-0.15, -0.1) is 0 Å². The molecule has 0 fully saturated rings. The van der Waals surface area contributed by atoms with Gasteiger partial charge in [-0.25, -0.2) is 4.99 Å². The van der Waals surface area contributed by atoms with Crippen LogP contribution in [0, 0.1) is 0 Å². The van der Waals surface area contributed by atoms with Gasteiger partial charge in [0.25, 0.3) is 0 Å². The number of nitrogens with one attached hydrogen (secondary N) is 1. The van der Waals surface area contributed by atoms with Gasteiger partial charge < -0.3 is 11.1 Å². The first kappa shape index (κ1) is 17.7. The summed E-state index contributed by atoms with van der Waals surface area (Å²) in [5.74, 6) is 0.159. The van der Waals surface area contributed by atoms with Crippen LogP contribution in [0.5, 0.6) is 0 Å². The molecule has 4 rings (SSSR count). The predicted octanol–water partition coefficient (Wildman–Crippen LogP) is 6.61. The SMILES string of the molecule is NC(=Nc1c(Cl)c(Cl)cc(Cl)c1Cl)Nc1ccc2cccc3c2c1CC3. The molecule has 0 radical (unpaired) electrons. The first-order chi connectivity index (χ1) is 12.5. The molecular formula is C19H13Cl4N3. The van der Waals surface area contributed by atoms with E-state index in [1.165, 1.54) is 28.0 Å². The minimum Gasteiger partial charge on any atom is -0.369 e. The van der Waals surface area contributed by atoms with Crippen LogP contribution in [-0.4, -0.2) is 5.96 Å². The number of aryl methyl sites for hydroxylation is 2. The van der Waals surface area contributed by atoms with E-state index in [2.05, 4.69) is 34.6 Å². The first-order valence-electron chi connectivity index (χ1n) is 7.93. The highest BCUT2D eigenvalue weighted by Gasteiger charge is 2.18. The van der Waals surface area contributed by atoms with Crippen molar-refractivity contribution in [3.8, 4) is 0 Å². The lowest BCUT2D eigenvalue weighted by atomic mass is 10.0. The van der Waals surface area contributed by atoms with Gasteiger partial charge in [-0.05, 0) is 46.9 Å². The van der Waals surface area contributed by atoms with Crippen LogP contribution < -0.4 is 11.1 Å². The summed E-state index contributed by atoms with van der Waals surface area (Å²) in [6.45, 7) is 0. The molecule has 0 aliphatic heterocycles. The van der Waals surface area contributed by atoms with Crippen molar-refractivity contribution >= 4 is 74.5 Å². The van der Waals surface area contributed by atoms with Gasteiger partial charge in [0, 0.05) is 5.69 Å². The molecule has 0 spiro atoms. The van der Waals surface area contributed by atoms with Crippen molar-refractivity contribution in [3.63, 3.8) is 0 Å². The van der Waals surface area contributed by atoms with Crippen molar-refractivity contribution < 1.29 is 0 Å². The van der Waals surface area contributed by atoms with Crippen molar-refractivity contribution in [3.05, 3.63) is 67.6 Å². The molecule has 0 unspecified atom stereocenters. The maximum absolute atomic E-state index is 6.20. The summed E-state index contributed by atoms with van der Waals surface area (Å²) in [4.78, 5) is 4.30. The highest BCUT2D eigenvalue weighted by Crippen LogP contribution is 2.43. The molecule has 1 aliphatic rings. The smallest absolute Gasteiger partial charge is 0.198 e. The summed E-state index contributed by atoms with van der Waals surface area (Å²) in [5.41, 5.74) is 9.85. The molecule has 0 saturated heterocycles. The Balaban J connectivity index is 1.74. The lowest BCUT2D eigenvalue weighted by Crippen LogP contribution is -2.22. The molecule has 7 heteroatoms. The minimum absolute atomic E-state index is 0.159. The van der Waals surface area contributed by atoms with Crippen molar-refractivity contribution in [1.82, 2.24) is 0 Å². The molecule has 1 aliphatic carbocycles. The van der Waals surface area contributed by atoms with E-state index in [1.54, 1.807) is 0 Å². The lowest BCUT2D eigenvalue weighted by Gasteiger charge is -2.12. The first-order valence-corrected chi connectivity index (χ1v) is 9.44. The summed E-state index contributed by atoms with van der Waals surface area (Å²) in [6.07, 6.45) is 1.97. The topological polar surface area (TPSA) is 50.4 Å².